The van der Waals surface area contributed by atoms with Crippen LogP contribution in [-0.2, 0) is 0 Å². The molecule has 25 heavy (non-hydrogen) atoms. The quantitative estimate of drug-likeness (QED) is 0.387. The fourth-order valence-electron chi connectivity index (χ4n) is 3.15. The summed E-state index contributed by atoms with van der Waals surface area (Å²) in [5, 5.41) is 0. The lowest BCUT2D eigenvalue weighted by molar-refractivity contribution is 0.662. The Hall–Kier alpha value is -2.08. The molecule has 2 aromatic rings. The van der Waals surface area contributed by atoms with E-state index in [2.05, 4.69) is 86.7 Å². The van der Waals surface area contributed by atoms with Crippen LogP contribution in [0.25, 0.3) is 12.2 Å². The molecule has 2 rings (SSSR count). The Balaban J connectivity index is 1.74. The molecule has 0 heteroatoms. The van der Waals surface area contributed by atoms with Gasteiger partial charge in [-0.25, -0.2) is 0 Å². The lowest BCUT2D eigenvalue weighted by Crippen LogP contribution is -1.87. The number of unbranched alkanes of at least 4 members (excludes halogenated alkanes) is 2. The summed E-state index contributed by atoms with van der Waals surface area (Å²) in [5.74, 6) is 0. The van der Waals surface area contributed by atoms with Gasteiger partial charge in [-0.05, 0) is 49.7 Å². The summed E-state index contributed by atoms with van der Waals surface area (Å²) >= 11 is 0. The molecule has 0 atom stereocenters. The highest BCUT2D eigenvalue weighted by molar-refractivity contribution is 5.53. The van der Waals surface area contributed by atoms with E-state index in [1.807, 2.05) is 0 Å². The fourth-order valence-corrected chi connectivity index (χ4v) is 3.15. The van der Waals surface area contributed by atoms with Crippen molar-refractivity contribution in [3.8, 4) is 0 Å². The van der Waals surface area contributed by atoms with Crippen LogP contribution < -0.4 is 0 Å². The molecule has 0 saturated carbocycles. The van der Waals surface area contributed by atoms with Crippen molar-refractivity contribution in [3.63, 3.8) is 0 Å². The molecule has 0 aromatic heterocycles. The van der Waals surface area contributed by atoms with Crippen LogP contribution in [-0.4, -0.2) is 0 Å². The van der Waals surface area contributed by atoms with Crippen molar-refractivity contribution in [1.82, 2.24) is 0 Å². The average molecular weight is 333 g/mol. The monoisotopic (exact) mass is 332 g/mol. The number of rotatable bonds is 10. The molecule has 0 N–H and O–H groups in total. The normalized spacial score (nSPS) is 12.4. The molecule has 2 aromatic carbocycles. The zero-order valence-electron chi connectivity index (χ0n) is 15.9. The Morgan fingerprint density at radius 2 is 1.00 bits per heavy atom. The number of hydrogen-bond acceptors (Lipinski definition) is 0. The highest BCUT2D eigenvalue weighted by atomic mass is 14.1. The smallest absolute Gasteiger partial charge is 0.0257 e. The van der Waals surface area contributed by atoms with Crippen LogP contribution in [0.3, 0.4) is 0 Å². The van der Waals surface area contributed by atoms with Crippen LogP contribution in [0.2, 0.25) is 0 Å². The van der Waals surface area contributed by atoms with E-state index in [0.717, 1.165) is 12.8 Å². The van der Waals surface area contributed by atoms with Crippen molar-refractivity contribution in [2.24, 2.45) is 0 Å². The zero-order chi connectivity index (χ0) is 17.7. The van der Waals surface area contributed by atoms with Gasteiger partial charge in [0.25, 0.3) is 0 Å². The fraction of sp³-hybridized carbons (Fsp3) is 0.360. The molecular weight excluding hydrogens is 300 g/mol. The van der Waals surface area contributed by atoms with Gasteiger partial charge in [0.2, 0.25) is 0 Å². The highest BCUT2D eigenvalue weighted by Gasteiger charge is 1.99. The van der Waals surface area contributed by atoms with Crippen LogP contribution >= 0.6 is 0 Å². The third kappa shape index (κ3) is 7.56. The van der Waals surface area contributed by atoms with E-state index in [1.165, 1.54) is 43.2 Å². The summed E-state index contributed by atoms with van der Waals surface area (Å²) in [6.45, 7) is 4.54. The summed E-state index contributed by atoms with van der Waals surface area (Å²) in [7, 11) is 0. The van der Waals surface area contributed by atoms with Crippen molar-refractivity contribution < 1.29 is 0 Å². The van der Waals surface area contributed by atoms with Crippen molar-refractivity contribution in [2.45, 2.75) is 58.8 Å². The van der Waals surface area contributed by atoms with Crippen LogP contribution in [0.15, 0.2) is 71.8 Å². The molecule has 0 aliphatic heterocycles. The first-order chi connectivity index (χ1) is 12.3. The van der Waals surface area contributed by atoms with Gasteiger partial charge in [0.15, 0.2) is 0 Å². The van der Waals surface area contributed by atoms with E-state index in [0.29, 0.717) is 0 Å². The maximum atomic E-state index is 2.37. The Morgan fingerprint density at radius 1 is 0.600 bits per heavy atom. The van der Waals surface area contributed by atoms with Gasteiger partial charge in [0, 0.05) is 0 Å². The van der Waals surface area contributed by atoms with Gasteiger partial charge in [-0.3, -0.25) is 0 Å². The molecule has 0 saturated heterocycles. The Bertz CT molecular complexity index is 587. The van der Waals surface area contributed by atoms with Crippen molar-refractivity contribution in [2.75, 3.05) is 0 Å². The Morgan fingerprint density at radius 3 is 1.36 bits per heavy atom. The van der Waals surface area contributed by atoms with Crippen LogP contribution in [0.5, 0.6) is 0 Å². The van der Waals surface area contributed by atoms with Crippen LogP contribution in [0.4, 0.5) is 0 Å². The third-order valence-electron chi connectivity index (χ3n) is 4.74. The molecule has 0 radical (unpaired) electrons. The largest absolute Gasteiger partial charge is 0.0699 e. The molecule has 0 unspecified atom stereocenters. The number of allylic oxidation sites excluding steroid dienone is 2. The minimum absolute atomic E-state index is 1.16. The molecule has 0 aliphatic rings. The third-order valence-corrected chi connectivity index (χ3v) is 4.74. The van der Waals surface area contributed by atoms with E-state index < -0.39 is 0 Å². The van der Waals surface area contributed by atoms with E-state index in [1.54, 1.807) is 11.1 Å². The molecule has 0 aliphatic carbocycles. The maximum Gasteiger partial charge on any atom is -0.0257 e. The Kier molecular flexibility index (Phi) is 8.83. The Labute approximate surface area is 154 Å². The maximum absolute atomic E-state index is 2.37. The summed E-state index contributed by atoms with van der Waals surface area (Å²) < 4.78 is 0. The van der Waals surface area contributed by atoms with E-state index in [-0.39, 0.29) is 0 Å². The van der Waals surface area contributed by atoms with Gasteiger partial charge in [0.1, 0.15) is 0 Å². The number of benzene rings is 2. The first kappa shape index (κ1) is 19.2. The van der Waals surface area contributed by atoms with E-state index in [9.17, 15) is 0 Å². The summed E-state index contributed by atoms with van der Waals surface area (Å²) in [5.41, 5.74) is 5.81. The minimum atomic E-state index is 1.16. The molecule has 0 bridgehead atoms. The molecule has 132 valence electrons. The second kappa shape index (κ2) is 11.5. The van der Waals surface area contributed by atoms with Crippen molar-refractivity contribution in [3.05, 3.63) is 82.9 Å². The lowest BCUT2D eigenvalue weighted by atomic mass is 9.99. The lowest BCUT2D eigenvalue weighted by Gasteiger charge is -2.07. The first-order valence-corrected chi connectivity index (χ1v) is 9.80. The van der Waals surface area contributed by atoms with Gasteiger partial charge < -0.3 is 0 Å². The van der Waals surface area contributed by atoms with Crippen LogP contribution in [0.1, 0.15) is 69.9 Å². The predicted octanol–water partition coefficient (Wildman–Crippen LogP) is 7.92. The summed E-state index contributed by atoms with van der Waals surface area (Å²) in [6.07, 6.45) is 13.4. The second-order valence-electron chi connectivity index (χ2n) is 6.69. The SMILES string of the molecule is CCC(=Cc1ccccc1)CCCCCC(=Cc1ccccc1)CC. The summed E-state index contributed by atoms with van der Waals surface area (Å²) in [4.78, 5) is 0. The average Bonchev–Trinajstić information content (AvgIpc) is 2.67. The van der Waals surface area contributed by atoms with E-state index >= 15 is 0 Å². The van der Waals surface area contributed by atoms with E-state index in [4.69, 9.17) is 0 Å². The number of hydrogen-bond donors (Lipinski definition) is 0. The van der Waals surface area contributed by atoms with Crippen molar-refractivity contribution in [1.29, 1.82) is 0 Å². The second-order valence-corrected chi connectivity index (χ2v) is 6.69. The molecular formula is C25H32. The van der Waals surface area contributed by atoms with Gasteiger partial charge in [-0.1, -0.05) is 104 Å². The molecule has 0 amide bonds. The standard InChI is InChI=1S/C25H32/c1-3-22(20-24-16-10-6-11-17-24)14-8-5-9-15-23(4-2)21-25-18-12-7-13-19-25/h6-7,10-13,16-21H,3-5,8-9,14-15H2,1-2H3. The highest BCUT2D eigenvalue weighted by Crippen LogP contribution is 2.20. The van der Waals surface area contributed by atoms with Crippen molar-refractivity contribution >= 4 is 12.2 Å². The topological polar surface area (TPSA) is 0 Å². The summed E-state index contributed by atoms with van der Waals surface area (Å²) in [6, 6.07) is 21.4. The van der Waals surface area contributed by atoms with Crippen LogP contribution in [0, 0.1) is 0 Å². The first-order valence-electron chi connectivity index (χ1n) is 9.80. The molecule has 0 nitrogen and oxygen atoms in total. The van der Waals surface area contributed by atoms with Gasteiger partial charge in [0.05, 0.1) is 0 Å². The van der Waals surface area contributed by atoms with Gasteiger partial charge >= 0.3 is 0 Å². The zero-order valence-corrected chi connectivity index (χ0v) is 15.9. The minimum Gasteiger partial charge on any atom is -0.0699 e. The molecule has 0 fully saturated rings. The van der Waals surface area contributed by atoms with Gasteiger partial charge in [-0.15, -0.1) is 0 Å². The molecule has 0 spiro atoms. The predicted molar refractivity (Wildman–Crippen MR) is 113 cm³/mol. The molecule has 0 heterocycles. The van der Waals surface area contributed by atoms with Gasteiger partial charge in [-0.2, -0.15) is 0 Å².